The normalized spacial score (nSPS) is 21.4. The van der Waals surface area contributed by atoms with Gasteiger partial charge < -0.3 is 20.9 Å². The molecule has 1 aromatic rings. The van der Waals surface area contributed by atoms with E-state index in [1.54, 1.807) is 16.6 Å². The molecule has 0 spiro atoms. The molecule has 152 valence electrons. The summed E-state index contributed by atoms with van der Waals surface area (Å²) in [6.07, 6.45) is 3.80. The minimum Gasteiger partial charge on any atom is -0.384 e. The second-order valence-corrected chi connectivity index (χ2v) is 9.53. The average Bonchev–Trinajstić information content (AvgIpc) is 2.64. The molecule has 2 aliphatic rings. The van der Waals surface area contributed by atoms with Crippen LogP contribution in [0.4, 0.5) is 11.8 Å². The van der Waals surface area contributed by atoms with Gasteiger partial charge in [-0.25, -0.2) is 17.7 Å². The predicted octanol–water partition coefficient (Wildman–Crippen LogP) is -0.0976. The Morgan fingerprint density at radius 2 is 1.89 bits per heavy atom. The highest BCUT2D eigenvalue weighted by atomic mass is 32.2. The number of anilines is 2. The molecule has 3 rings (SSSR count). The van der Waals surface area contributed by atoms with Crippen molar-refractivity contribution in [1.82, 2.24) is 24.1 Å². The monoisotopic (exact) mass is 397 g/mol. The van der Waals surface area contributed by atoms with Crippen molar-refractivity contribution < 1.29 is 8.42 Å². The van der Waals surface area contributed by atoms with E-state index in [4.69, 9.17) is 5.73 Å². The second kappa shape index (κ2) is 9.13. The fourth-order valence-corrected chi connectivity index (χ4v) is 5.09. The van der Waals surface area contributed by atoms with Gasteiger partial charge in [0.2, 0.25) is 16.0 Å². The largest absolute Gasteiger partial charge is 0.384 e. The first-order chi connectivity index (χ1) is 12.9. The molecule has 2 saturated heterocycles. The van der Waals surface area contributed by atoms with Crippen molar-refractivity contribution in [2.45, 2.75) is 25.3 Å². The number of nitrogen functional groups attached to an aromatic ring is 1. The average molecular weight is 398 g/mol. The topological polar surface area (TPSA) is 108 Å². The summed E-state index contributed by atoms with van der Waals surface area (Å²) in [6.45, 7) is 6.11. The van der Waals surface area contributed by atoms with Crippen LogP contribution in [0.15, 0.2) is 12.3 Å². The third-order valence-corrected chi connectivity index (χ3v) is 7.29. The summed E-state index contributed by atoms with van der Waals surface area (Å²) in [5, 5.41) is 3.25. The number of nitrogens with two attached hydrogens (primary N) is 1. The first-order valence-corrected chi connectivity index (χ1v) is 11.3. The van der Waals surface area contributed by atoms with Crippen molar-refractivity contribution in [3.05, 3.63) is 12.3 Å². The van der Waals surface area contributed by atoms with Crippen molar-refractivity contribution in [3.8, 4) is 0 Å². The lowest BCUT2D eigenvalue weighted by Crippen LogP contribution is -2.46. The Bertz CT molecular complexity index is 699. The van der Waals surface area contributed by atoms with Gasteiger partial charge in [0.1, 0.15) is 5.82 Å². The predicted molar refractivity (Wildman–Crippen MR) is 107 cm³/mol. The molecule has 0 unspecified atom stereocenters. The van der Waals surface area contributed by atoms with Gasteiger partial charge in [0, 0.05) is 51.5 Å². The number of rotatable bonds is 7. The quantitative estimate of drug-likeness (QED) is 0.657. The Morgan fingerprint density at radius 3 is 2.56 bits per heavy atom. The summed E-state index contributed by atoms with van der Waals surface area (Å²) in [5.74, 6) is 1.16. The molecule has 0 amide bonds. The molecule has 0 aromatic carbocycles. The van der Waals surface area contributed by atoms with Crippen LogP contribution in [0.2, 0.25) is 0 Å². The van der Waals surface area contributed by atoms with Gasteiger partial charge in [-0.1, -0.05) is 0 Å². The zero-order valence-electron chi connectivity index (χ0n) is 16.0. The molecule has 10 heteroatoms. The number of hydrogen-bond donors (Lipinski definition) is 2. The van der Waals surface area contributed by atoms with E-state index < -0.39 is 10.0 Å². The van der Waals surface area contributed by atoms with Crippen molar-refractivity contribution in [2.24, 2.45) is 0 Å². The minimum absolute atomic E-state index is 0.170. The number of piperazine rings is 1. The number of sulfonamides is 1. The molecule has 0 bridgehead atoms. The van der Waals surface area contributed by atoms with Crippen molar-refractivity contribution in [2.75, 3.05) is 69.7 Å². The molecule has 9 nitrogen and oxygen atoms in total. The van der Waals surface area contributed by atoms with Crippen molar-refractivity contribution in [3.63, 3.8) is 0 Å². The van der Waals surface area contributed by atoms with Crippen LogP contribution in [0.25, 0.3) is 0 Å². The van der Waals surface area contributed by atoms with Gasteiger partial charge in [-0.05, 0) is 38.9 Å². The molecule has 0 atom stereocenters. The SMILES string of the molecule is CN1CCN(CCCS(=O)(=O)N2CCC(Nc3nccc(N)n3)CC2)CC1. The van der Waals surface area contributed by atoms with E-state index >= 15 is 0 Å². The van der Waals surface area contributed by atoms with Crippen LogP contribution < -0.4 is 11.1 Å². The van der Waals surface area contributed by atoms with Crippen LogP contribution in [-0.4, -0.2) is 97.1 Å². The maximum absolute atomic E-state index is 12.6. The van der Waals surface area contributed by atoms with Gasteiger partial charge in [0.25, 0.3) is 0 Å². The third kappa shape index (κ3) is 6.00. The van der Waals surface area contributed by atoms with E-state index in [1.807, 2.05) is 0 Å². The van der Waals surface area contributed by atoms with Gasteiger partial charge in [-0.15, -0.1) is 0 Å². The van der Waals surface area contributed by atoms with Gasteiger partial charge in [-0.3, -0.25) is 0 Å². The highest BCUT2D eigenvalue weighted by molar-refractivity contribution is 7.89. The van der Waals surface area contributed by atoms with Gasteiger partial charge in [0.15, 0.2) is 0 Å². The minimum atomic E-state index is -3.18. The van der Waals surface area contributed by atoms with E-state index in [9.17, 15) is 8.42 Å². The summed E-state index contributed by atoms with van der Waals surface area (Å²) >= 11 is 0. The Balaban J connectivity index is 1.40. The van der Waals surface area contributed by atoms with Crippen LogP contribution in [-0.2, 0) is 10.0 Å². The number of hydrogen-bond acceptors (Lipinski definition) is 8. The number of likely N-dealkylation sites (N-methyl/N-ethyl adjacent to an activating group) is 1. The number of aromatic nitrogens is 2. The Hall–Kier alpha value is -1.49. The first kappa shape index (κ1) is 20.2. The standard InChI is InChI=1S/C17H31N7O2S/c1-22-10-12-23(13-11-22)7-2-14-27(25,26)24-8-4-15(5-9-24)20-17-19-6-3-16(18)21-17/h3,6,15H,2,4-5,7-14H2,1H3,(H3,18,19,20,21). The number of nitrogens with zero attached hydrogens (tertiary/aromatic N) is 5. The van der Waals surface area contributed by atoms with Gasteiger partial charge >= 0.3 is 0 Å². The molecular weight excluding hydrogens is 366 g/mol. The summed E-state index contributed by atoms with van der Waals surface area (Å²) in [5.41, 5.74) is 5.67. The van der Waals surface area contributed by atoms with E-state index in [0.717, 1.165) is 45.6 Å². The summed E-state index contributed by atoms with van der Waals surface area (Å²) in [6, 6.07) is 1.81. The van der Waals surface area contributed by atoms with E-state index in [0.29, 0.717) is 31.3 Å². The fraction of sp³-hybridized carbons (Fsp3) is 0.765. The molecule has 0 aliphatic carbocycles. The molecule has 2 aliphatic heterocycles. The van der Waals surface area contributed by atoms with E-state index in [-0.39, 0.29) is 11.8 Å². The van der Waals surface area contributed by atoms with Crippen LogP contribution in [0.1, 0.15) is 19.3 Å². The Labute approximate surface area is 162 Å². The number of nitrogens with one attached hydrogen (secondary N) is 1. The molecule has 3 heterocycles. The van der Waals surface area contributed by atoms with Crippen LogP contribution >= 0.6 is 0 Å². The number of piperidine rings is 1. The third-order valence-electron chi connectivity index (χ3n) is 5.33. The first-order valence-electron chi connectivity index (χ1n) is 9.66. The lowest BCUT2D eigenvalue weighted by Gasteiger charge is -2.33. The van der Waals surface area contributed by atoms with Crippen molar-refractivity contribution in [1.29, 1.82) is 0 Å². The smallest absolute Gasteiger partial charge is 0.224 e. The van der Waals surface area contributed by atoms with E-state index in [2.05, 4.69) is 32.1 Å². The maximum atomic E-state index is 12.6. The maximum Gasteiger partial charge on any atom is 0.224 e. The van der Waals surface area contributed by atoms with Crippen LogP contribution in [0.5, 0.6) is 0 Å². The van der Waals surface area contributed by atoms with Gasteiger partial charge in [-0.2, -0.15) is 4.98 Å². The Morgan fingerprint density at radius 1 is 1.19 bits per heavy atom. The second-order valence-electron chi connectivity index (χ2n) is 7.44. The lowest BCUT2D eigenvalue weighted by atomic mass is 10.1. The van der Waals surface area contributed by atoms with Crippen molar-refractivity contribution >= 4 is 21.8 Å². The Kier molecular flexibility index (Phi) is 6.85. The molecule has 0 saturated carbocycles. The molecule has 0 radical (unpaired) electrons. The van der Waals surface area contributed by atoms with Crippen LogP contribution in [0, 0.1) is 0 Å². The molecule has 2 fully saturated rings. The summed E-state index contributed by atoms with van der Waals surface area (Å²) < 4.78 is 26.9. The lowest BCUT2D eigenvalue weighted by molar-refractivity contribution is 0.154. The molecular formula is C17H31N7O2S. The molecule has 1 aromatic heterocycles. The fourth-order valence-electron chi connectivity index (χ4n) is 3.57. The summed E-state index contributed by atoms with van der Waals surface area (Å²) in [4.78, 5) is 13.0. The molecule has 3 N–H and O–H groups in total. The van der Waals surface area contributed by atoms with Gasteiger partial charge in [0.05, 0.1) is 5.75 Å². The zero-order valence-corrected chi connectivity index (χ0v) is 16.9. The highest BCUT2D eigenvalue weighted by Gasteiger charge is 2.28. The van der Waals surface area contributed by atoms with E-state index in [1.165, 1.54) is 0 Å². The molecule has 27 heavy (non-hydrogen) atoms. The van der Waals surface area contributed by atoms with Crippen LogP contribution in [0.3, 0.4) is 0 Å². The zero-order chi connectivity index (χ0) is 19.3. The summed E-state index contributed by atoms with van der Waals surface area (Å²) in [7, 11) is -1.06. The highest BCUT2D eigenvalue weighted by Crippen LogP contribution is 2.18.